The van der Waals surface area contributed by atoms with E-state index < -0.39 is 0 Å². The van der Waals surface area contributed by atoms with Gasteiger partial charge in [0, 0.05) is 17.1 Å². The number of thiazole rings is 1. The van der Waals surface area contributed by atoms with Crippen molar-refractivity contribution < 1.29 is 4.74 Å². The normalized spacial score (nSPS) is 12.2. The molecular formula is C13H17N3OS. The van der Waals surface area contributed by atoms with Crippen LogP contribution in [0.25, 0.3) is 0 Å². The Morgan fingerprint density at radius 1 is 1.39 bits per heavy atom. The summed E-state index contributed by atoms with van der Waals surface area (Å²) < 4.78 is 5.37. The molecular weight excluding hydrogens is 246 g/mol. The molecule has 1 unspecified atom stereocenters. The van der Waals surface area contributed by atoms with Gasteiger partial charge in [-0.3, -0.25) is 0 Å². The van der Waals surface area contributed by atoms with E-state index in [0.29, 0.717) is 12.5 Å². The molecule has 0 radical (unpaired) electrons. The summed E-state index contributed by atoms with van der Waals surface area (Å²) in [5.41, 5.74) is 1.06. The number of hydrogen-bond acceptors (Lipinski definition) is 5. The maximum Gasteiger partial charge on any atom is 0.215 e. The Labute approximate surface area is 111 Å². The highest BCUT2D eigenvalue weighted by atomic mass is 32.1. The molecule has 2 aromatic rings. The van der Waals surface area contributed by atoms with Crippen LogP contribution in [0, 0.1) is 6.92 Å². The fourth-order valence-corrected chi connectivity index (χ4v) is 2.38. The molecule has 4 nitrogen and oxygen atoms in total. The van der Waals surface area contributed by atoms with E-state index in [2.05, 4.69) is 27.6 Å². The van der Waals surface area contributed by atoms with Crippen molar-refractivity contribution in [2.24, 2.45) is 0 Å². The van der Waals surface area contributed by atoms with Gasteiger partial charge in [-0.2, -0.15) is 4.98 Å². The van der Waals surface area contributed by atoms with Gasteiger partial charge in [-0.1, -0.05) is 6.07 Å². The van der Waals surface area contributed by atoms with Crippen molar-refractivity contribution in [3.05, 3.63) is 34.3 Å². The molecule has 2 heterocycles. The van der Waals surface area contributed by atoms with Gasteiger partial charge in [-0.05, 0) is 26.8 Å². The van der Waals surface area contributed by atoms with Gasteiger partial charge in [0.25, 0.3) is 0 Å². The van der Waals surface area contributed by atoms with Crippen molar-refractivity contribution in [1.29, 1.82) is 0 Å². The Bertz CT molecular complexity index is 512. The molecule has 0 spiro atoms. The first-order chi connectivity index (χ1) is 8.69. The lowest BCUT2D eigenvalue weighted by Gasteiger charge is -2.12. The number of nitrogens with one attached hydrogen (secondary N) is 1. The third kappa shape index (κ3) is 3.20. The lowest BCUT2D eigenvalue weighted by molar-refractivity contribution is 0.327. The predicted octanol–water partition coefficient (Wildman–Crippen LogP) is 3.42. The highest BCUT2D eigenvalue weighted by molar-refractivity contribution is 7.09. The minimum Gasteiger partial charge on any atom is -0.478 e. The Hall–Kier alpha value is -1.62. The van der Waals surface area contributed by atoms with Crippen LogP contribution in [0.15, 0.2) is 23.6 Å². The fraction of sp³-hybridized carbons (Fsp3) is 0.385. The summed E-state index contributed by atoms with van der Waals surface area (Å²) in [6.45, 7) is 6.65. The van der Waals surface area contributed by atoms with Crippen molar-refractivity contribution in [1.82, 2.24) is 9.97 Å². The van der Waals surface area contributed by atoms with E-state index in [1.54, 1.807) is 11.3 Å². The molecule has 0 fully saturated rings. The summed E-state index contributed by atoms with van der Waals surface area (Å²) in [7, 11) is 0. The van der Waals surface area contributed by atoms with Crippen LogP contribution in [-0.2, 0) is 0 Å². The molecule has 0 aliphatic rings. The average molecular weight is 263 g/mol. The molecule has 1 N–H and O–H groups in total. The highest BCUT2D eigenvalue weighted by Gasteiger charge is 2.10. The van der Waals surface area contributed by atoms with Crippen molar-refractivity contribution in [2.75, 3.05) is 11.9 Å². The molecule has 0 saturated carbocycles. The number of nitrogens with zero attached hydrogens (tertiary/aromatic N) is 2. The molecule has 0 amide bonds. The smallest absolute Gasteiger partial charge is 0.215 e. The van der Waals surface area contributed by atoms with Crippen LogP contribution in [0.5, 0.6) is 5.88 Å². The van der Waals surface area contributed by atoms with Crippen LogP contribution in [0.4, 0.5) is 5.82 Å². The Morgan fingerprint density at radius 2 is 2.22 bits per heavy atom. The van der Waals surface area contributed by atoms with Gasteiger partial charge in [-0.25, -0.2) is 4.98 Å². The third-order valence-corrected chi connectivity index (χ3v) is 3.53. The van der Waals surface area contributed by atoms with E-state index in [9.17, 15) is 0 Å². The van der Waals surface area contributed by atoms with E-state index in [0.717, 1.165) is 16.5 Å². The van der Waals surface area contributed by atoms with Crippen LogP contribution in [0.1, 0.15) is 30.6 Å². The molecule has 5 heteroatoms. The number of ether oxygens (including phenoxy) is 1. The van der Waals surface area contributed by atoms with E-state index in [4.69, 9.17) is 4.74 Å². The van der Waals surface area contributed by atoms with Gasteiger partial charge in [0.15, 0.2) is 0 Å². The monoisotopic (exact) mass is 263 g/mol. The predicted molar refractivity (Wildman–Crippen MR) is 74.3 cm³/mol. The average Bonchev–Trinajstić information content (AvgIpc) is 2.77. The summed E-state index contributed by atoms with van der Waals surface area (Å²) in [5, 5.41) is 6.45. The zero-order valence-corrected chi connectivity index (χ0v) is 11.6. The maximum absolute atomic E-state index is 5.37. The molecule has 0 bridgehead atoms. The first-order valence-electron chi connectivity index (χ1n) is 5.97. The zero-order valence-electron chi connectivity index (χ0n) is 10.8. The Morgan fingerprint density at radius 3 is 2.89 bits per heavy atom. The molecule has 0 aliphatic carbocycles. The summed E-state index contributed by atoms with van der Waals surface area (Å²) in [6.07, 6.45) is 0. The molecule has 2 rings (SSSR count). The number of rotatable bonds is 5. The number of pyridine rings is 1. The third-order valence-electron chi connectivity index (χ3n) is 2.39. The zero-order chi connectivity index (χ0) is 13.0. The van der Waals surface area contributed by atoms with Crippen LogP contribution in [0.2, 0.25) is 0 Å². The fourth-order valence-electron chi connectivity index (χ4n) is 1.58. The van der Waals surface area contributed by atoms with Gasteiger partial charge >= 0.3 is 0 Å². The van der Waals surface area contributed by atoms with E-state index in [1.807, 2.05) is 32.0 Å². The SMILES string of the molecule is CCOc1cccc(NC(C)c2nc(C)cs2)n1. The Balaban J connectivity index is 2.06. The second-order valence-electron chi connectivity index (χ2n) is 3.99. The molecule has 0 aliphatic heterocycles. The second kappa shape index (κ2) is 5.82. The number of hydrogen-bond donors (Lipinski definition) is 1. The first kappa shape index (κ1) is 12.8. The molecule has 2 aromatic heterocycles. The first-order valence-corrected chi connectivity index (χ1v) is 6.85. The van der Waals surface area contributed by atoms with Gasteiger partial charge in [0.05, 0.1) is 12.6 Å². The molecule has 1 atom stereocenters. The summed E-state index contributed by atoms with van der Waals surface area (Å²) >= 11 is 1.66. The van der Waals surface area contributed by atoms with E-state index in [1.165, 1.54) is 0 Å². The number of anilines is 1. The van der Waals surface area contributed by atoms with Crippen LogP contribution in [-0.4, -0.2) is 16.6 Å². The van der Waals surface area contributed by atoms with E-state index in [-0.39, 0.29) is 6.04 Å². The minimum atomic E-state index is 0.146. The number of aryl methyl sites for hydroxylation is 1. The summed E-state index contributed by atoms with van der Waals surface area (Å²) in [5.74, 6) is 1.45. The van der Waals surface area contributed by atoms with Gasteiger partial charge in [0.1, 0.15) is 10.8 Å². The standard InChI is InChI=1S/C13H17N3OS/c1-4-17-12-7-5-6-11(16-12)15-10(3)13-14-9(2)8-18-13/h5-8,10H,4H2,1-3H3,(H,15,16). The van der Waals surface area contributed by atoms with Crippen LogP contribution < -0.4 is 10.1 Å². The molecule has 0 saturated heterocycles. The molecule has 18 heavy (non-hydrogen) atoms. The number of aromatic nitrogens is 2. The van der Waals surface area contributed by atoms with Crippen LogP contribution >= 0.6 is 11.3 Å². The summed E-state index contributed by atoms with van der Waals surface area (Å²) in [4.78, 5) is 8.84. The highest BCUT2D eigenvalue weighted by Crippen LogP contribution is 2.22. The largest absolute Gasteiger partial charge is 0.478 e. The lowest BCUT2D eigenvalue weighted by atomic mass is 10.3. The van der Waals surface area contributed by atoms with Gasteiger partial charge < -0.3 is 10.1 Å². The van der Waals surface area contributed by atoms with Crippen molar-refractivity contribution in [3.63, 3.8) is 0 Å². The van der Waals surface area contributed by atoms with Crippen molar-refractivity contribution in [3.8, 4) is 5.88 Å². The van der Waals surface area contributed by atoms with Crippen molar-refractivity contribution in [2.45, 2.75) is 26.8 Å². The molecule has 0 aromatic carbocycles. The maximum atomic E-state index is 5.37. The minimum absolute atomic E-state index is 0.146. The van der Waals surface area contributed by atoms with Gasteiger partial charge in [-0.15, -0.1) is 11.3 Å². The second-order valence-corrected chi connectivity index (χ2v) is 4.88. The quantitative estimate of drug-likeness (QED) is 0.898. The lowest BCUT2D eigenvalue weighted by Crippen LogP contribution is -2.08. The van der Waals surface area contributed by atoms with Crippen molar-refractivity contribution >= 4 is 17.2 Å². The van der Waals surface area contributed by atoms with E-state index >= 15 is 0 Å². The van der Waals surface area contributed by atoms with Gasteiger partial charge in [0.2, 0.25) is 5.88 Å². The van der Waals surface area contributed by atoms with Crippen LogP contribution in [0.3, 0.4) is 0 Å². The Kier molecular flexibility index (Phi) is 4.15. The molecule has 96 valence electrons. The topological polar surface area (TPSA) is 47.0 Å². The summed E-state index contributed by atoms with van der Waals surface area (Å²) in [6, 6.07) is 5.86.